The van der Waals surface area contributed by atoms with Gasteiger partial charge in [0, 0.05) is 31.1 Å². The van der Waals surface area contributed by atoms with Crippen molar-refractivity contribution in [1.82, 2.24) is 15.1 Å². The highest BCUT2D eigenvalue weighted by Gasteiger charge is 2.35. The Kier molecular flexibility index (Phi) is 5.94. The lowest BCUT2D eigenvalue weighted by Gasteiger charge is -2.21. The molecule has 0 spiro atoms. The molecule has 1 aliphatic carbocycles. The molecule has 1 saturated heterocycles. The Labute approximate surface area is 155 Å². The third-order valence-electron chi connectivity index (χ3n) is 5.60. The smallest absolute Gasteiger partial charge is 0.253 e. The predicted octanol–water partition coefficient (Wildman–Crippen LogP) is 1.24. The van der Waals surface area contributed by atoms with Crippen LogP contribution in [0.5, 0.6) is 0 Å². The zero-order valence-electron chi connectivity index (χ0n) is 15.6. The molecule has 2 atom stereocenters. The topological polar surface area (TPSA) is 72.9 Å². The molecule has 3 rings (SSSR count). The number of nitrogens with one attached hydrogen (secondary N) is 1. The summed E-state index contributed by atoms with van der Waals surface area (Å²) < 4.78 is 0. The Bertz CT molecular complexity index is 638. The van der Waals surface area contributed by atoms with Crippen LogP contribution in [-0.4, -0.2) is 66.1 Å². The van der Waals surface area contributed by atoms with Crippen molar-refractivity contribution < 1.29 is 14.7 Å². The summed E-state index contributed by atoms with van der Waals surface area (Å²) in [6, 6.07) is 7.35. The van der Waals surface area contributed by atoms with Gasteiger partial charge in [-0.15, -0.1) is 0 Å². The molecular formula is C20H29N3O3. The maximum Gasteiger partial charge on any atom is 0.253 e. The van der Waals surface area contributed by atoms with Crippen LogP contribution in [0.1, 0.15) is 41.6 Å². The van der Waals surface area contributed by atoms with E-state index in [9.17, 15) is 14.7 Å². The van der Waals surface area contributed by atoms with Gasteiger partial charge in [0.25, 0.3) is 5.91 Å². The highest BCUT2D eigenvalue weighted by molar-refractivity contribution is 5.94. The van der Waals surface area contributed by atoms with Crippen LogP contribution in [-0.2, 0) is 11.3 Å². The van der Waals surface area contributed by atoms with Crippen LogP contribution >= 0.6 is 0 Å². The summed E-state index contributed by atoms with van der Waals surface area (Å²) in [5, 5.41) is 13.1. The van der Waals surface area contributed by atoms with Gasteiger partial charge in [0.1, 0.15) is 0 Å². The van der Waals surface area contributed by atoms with Crippen molar-refractivity contribution in [3.63, 3.8) is 0 Å². The van der Waals surface area contributed by atoms with Crippen LogP contribution in [0.3, 0.4) is 0 Å². The number of benzene rings is 1. The van der Waals surface area contributed by atoms with E-state index in [2.05, 4.69) is 5.32 Å². The molecule has 6 heteroatoms. The van der Waals surface area contributed by atoms with Crippen LogP contribution in [0, 0.1) is 5.92 Å². The number of rotatable bonds is 5. The number of hydrogen-bond acceptors (Lipinski definition) is 4. The standard InChI is InChI=1S/C20H29N3O3/c1-22(2)17-12-23(13-18(17)24)20(26)16-9-7-14(8-10-16)11-21-19(25)15-5-3-4-6-15/h7-10,15,17-18,24H,3-6,11-13H2,1-2H3,(H,21,25)/t17-,18-/m0/s1. The second kappa shape index (κ2) is 8.18. The second-order valence-corrected chi connectivity index (χ2v) is 7.70. The van der Waals surface area contributed by atoms with Crippen molar-refractivity contribution in [1.29, 1.82) is 0 Å². The Balaban J connectivity index is 1.54. The first kappa shape index (κ1) is 18.9. The Morgan fingerprint density at radius 3 is 2.38 bits per heavy atom. The lowest BCUT2D eigenvalue weighted by molar-refractivity contribution is -0.124. The molecule has 1 aromatic rings. The average Bonchev–Trinajstić information content (AvgIpc) is 3.29. The summed E-state index contributed by atoms with van der Waals surface area (Å²) in [7, 11) is 3.83. The van der Waals surface area contributed by atoms with Crippen molar-refractivity contribution >= 4 is 11.8 Å². The second-order valence-electron chi connectivity index (χ2n) is 7.70. The summed E-state index contributed by atoms with van der Waals surface area (Å²) >= 11 is 0. The maximum absolute atomic E-state index is 12.6. The zero-order chi connectivity index (χ0) is 18.7. The van der Waals surface area contributed by atoms with E-state index in [1.165, 1.54) is 0 Å². The van der Waals surface area contributed by atoms with Gasteiger partial charge < -0.3 is 20.2 Å². The molecule has 0 unspecified atom stereocenters. The van der Waals surface area contributed by atoms with Crippen LogP contribution in [0.4, 0.5) is 0 Å². The summed E-state index contributed by atoms with van der Waals surface area (Å²) in [5.41, 5.74) is 1.60. The molecule has 2 fully saturated rings. The fourth-order valence-corrected chi connectivity index (χ4v) is 3.91. The first-order chi connectivity index (χ1) is 12.5. The number of likely N-dealkylation sites (tertiary alicyclic amines) is 1. The minimum Gasteiger partial charge on any atom is -0.390 e. The van der Waals surface area contributed by atoms with E-state index in [0.717, 1.165) is 31.2 Å². The molecule has 0 radical (unpaired) electrons. The summed E-state index contributed by atoms with van der Waals surface area (Å²) in [4.78, 5) is 28.4. The predicted molar refractivity (Wildman–Crippen MR) is 99.6 cm³/mol. The molecule has 0 bridgehead atoms. The number of amides is 2. The van der Waals surface area contributed by atoms with Crippen LogP contribution in [0.15, 0.2) is 24.3 Å². The maximum atomic E-state index is 12.6. The van der Waals surface area contributed by atoms with Crippen LogP contribution < -0.4 is 5.32 Å². The van der Waals surface area contributed by atoms with Gasteiger partial charge in [-0.2, -0.15) is 0 Å². The molecule has 1 aromatic carbocycles. The number of hydrogen-bond donors (Lipinski definition) is 2. The van der Waals surface area contributed by atoms with Gasteiger partial charge in [0.05, 0.1) is 12.1 Å². The van der Waals surface area contributed by atoms with E-state index in [4.69, 9.17) is 0 Å². The van der Waals surface area contributed by atoms with E-state index in [0.29, 0.717) is 25.2 Å². The molecule has 26 heavy (non-hydrogen) atoms. The van der Waals surface area contributed by atoms with Gasteiger partial charge in [-0.05, 0) is 44.6 Å². The summed E-state index contributed by atoms with van der Waals surface area (Å²) in [6.07, 6.45) is 3.77. The van der Waals surface area contributed by atoms with Crippen molar-refractivity contribution in [2.24, 2.45) is 5.92 Å². The zero-order valence-corrected chi connectivity index (χ0v) is 15.6. The largest absolute Gasteiger partial charge is 0.390 e. The minimum atomic E-state index is -0.515. The quantitative estimate of drug-likeness (QED) is 0.830. The molecular weight excluding hydrogens is 330 g/mol. The number of aliphatic hydroxyl groups excluding tert-OH is 1. The van der Waals surface area contributed by atoms with Crippen molar-refractivity contribution in [2.45, 2.75) is 44.4 Å². The van der Waals surface area contributed by atoms with Crippen molar-refractivity contribution in [3.8, 4) is 0 Å². The van der Waals surface area contributed by atoms with Crippen molar-refractivity contribution in [2.75, 3.05) is 27.2 Å². The van der Waals surface area contributed by atoms with Gasteiger partial charge >= 0.3 is 0 Å². The van der Waals surface area contributed by atoms with Crippen LogP contribution in [0.25, 0.3) is 0 Å². The Morgan fingerprint density at radius 2 is 1.81 bits per heavy atom. The highest BCUT2D eigenvalue weighted by atomic mass is 16.3. The molecule has 2 amide bonds. The number of aliphatic hydroxyl groups is 1. The highest BCUT2D eigenvalue weighted by Crippen LogP contribution is 2.24. The van der Waals surface area contributed by atoms with Gasteiger partial charge in [-0.1, -0.05) is 25.0 Å². The van der Waals surface area contributed by atoms with E-state index in [-0.39, 0.29) is 23.8 Å². The number of likely N-dealkylation sites (N-methyl/N-ethyl adjacent to an activating group) is 1. The lowest BCUT2D eigenvalue weighted by atomic mass is 10.1. The first-order valence-electron chi connectivity index (χ1n) is 9.46. The lowest BCUT2D eigenvalue weighted by Crippen LogP contribution is -2.38. The average molecular weight is 359 g/mol. The van der Waals surface area contributed by atoms with E-state index in [1.54, 1.807) is 17.0 Å². The molecule has 0 aromatic heterocycles. The van der Waals surface area contributed by atoms with Gasteiger partial charge in [-0.25, -0.2) is 0 Å². The third kappa shape index (κ3) is 4.24. The van der Waals surface area contributed by atoms with Crippen LogP contribution in [0.2, 0.25) is 0 Å². The molecule has 1 aliphatic heterocycles. The fourth-order valence-electron chi connectivity index (χ4n) is 3.91. The van der Waals surface area contributed by atoms with Gasteiger partial charge in [-0.3, -0.25) is 9.59 Å². The first-order valence-corrected chi connectivity index (χ1v) is 9.46. The molecule has 1 heterocycles. The fraction of sp³-hybridized carbons (Fsp3) is 0.600. The SMILES string of the molecule is CN(C)[C@H]1CN(C(=O)c2ccc(CNC(=O)C3CCCC3)cc2)C[C@@H]1O. The monoisotopic (exact) mass is 359 g/mol. The Hall–Kier alpha value is -1.92. The van der Waals surface area contributed by atoms with Gasteiger partial charge in [0.2, 0.25) is 5.91 Å². The number of carbonyl (C=O) groups is 2. The normalized spacial score (nSPS) is 23.6. The van der Waals surface area contributed by atoms with E-state index in [1.807, 2.05) is 31.1 Å². The molecule has 6 nitrogen and oxygen atoms in total. The van der Waals surface area contributed by atoms with Gasteiger partial charge in [0.15, 0.2) is 0 Å². The molecule has 2 N–H and O–H groups in total. The third-order valence-corrected chi connectivity index (χ3v) is 5.60. The number of carbonyl (C=O) groups excluding carboxylic acids is 2. The molecule has 1 saturated carbocycles. The van der Waals surface area contributed by atoms with E-state index < -0.39 is 6.10 Å². The Morgan fingerprint density at radius 1 is 1.15 bits per heavy atom. The number of β-amino-alcohol motifs (C(OH)–C–C–N with tert-alkyl or cyclic N) is 1. The molecule has 142 valence electrons. The number of nitrogens with zero attached hydrogens (tertiary/aromatic N) is 2. The molecule has 2 aliphatic rings. The minimum absolute atomic E-state index is 0.0241. The summed E-state index contributed by atoms with van der Waals surface area (Å²) in [5.74, 6) is 0.250. The van der Waals surface area contributed by atoms with Crippen molar-refractivity contribution in [3.05, 3.63) is 35.4 Å². The van der Waals surface area contributed by atoms with E-state index >= 15 is 0 Å². The summed E-state index contributed by atoms with van der Waals surface area (Å²) in [6.45, 7) is 1.39.